The molecule has 220 valence electrons. The second-order valence-electron chi connectivity index (χ2n) is 11.2. The number of nitrogens with zero attached hydrogens (tertiary/aromatic N) is 7. The molecule has 2 fully saturated rings. The molecule has 2 aliphatic rings. The number of aromatic nitrogens is 4. The molecule has 9 nitrogen and oxygen atoms in total. The van der Waals surface area contributed by atoms with Crippen LogP contribution in [-0.4, -0.2) is 85.0 Å². The summed E-state index contributed by atoms with van der Waals surface area (Å²) in [6.45, 7) is 2.88. The van der Waals surface area contributed by atoms with Crippen molar-refractivity contribution in [3.8, 4) is 28.8 Å². The van der Waals surface area contributed by atoms with E-state index in [0.29, 0.717) is 46.9 Å². The van der Waals surface area contributed by atoms with Gasteiger partial charge >= 0.3 is 234 Å². The van der Waals surface area contributed by atoms with Crippen LogP contribution in [0.2, 0.25) is 0 Å². The number of nitriles is 1. The number of allylic oxidation sites excluding steroid dienone is 1. The summed E-state index contributed by atoms with van der Waals surface area (Å²) in [5.41, 5.74) is 1.59. The second kappa shape index (κ2) is 12.7. The molecule has 2 atom stereocenters. The molecule has 0 N–H and O–H groups in total. The zero-order valence-electron chi connectivity index (χ0n) is 24.0. The minimum atomic E-state index is -0.467. The summed E-state index contributed by atoms with van der Waals surface area (Å²) in [6, 6.07) is 16.0. The number of ether oxygens (including phenoxy) is 1. The number of benzene rings is 2. The van der Waals surface area contributed by atoms with Gasteiger partial charge in [-0.2, -0.15) is 0 Å². The zero-order valence-corrected chi connectivity index (χ0v) is 26.4. The van der Waals surface area contributed by atoms with E-state index in [4.69, 9.17) is 9.84 Å². The minimum Gasteiger partial charge on any atom is -0.00162 e. The van der Waals surface area contributed by atoms with E-state index in [1.54, 1.807) is 21.7 Å². The molecule has 2 aliphatic heterocycles. The fourth-order valence-electron chi connectivity index (χ4n) is 5.96. The standard InChI is InChI=1S/C32H33AsFN7O2/c1-39-14-11-21(12-15-39)16-22(18-35)32(42)40-13-5-6-23(40)19-41-31-28(30(33)36-20-37-31)29(38-41)26-10-9-25(17-27(26)34)43-24-7-3-2-4-8-24/h2-4,7-10,16-17,20-21,23H,5-6,11-15,19,33H2,1H3. The molecule has 4 heterocycles. The Kier molecular flexibility index (Phi) is 8.55. The van der Waals surface area contributed by atoms with Crippen molar-refractivity contribution < 1.29 is 13.9 Å². The van der Waals surface area contributed by atoms with E-state index in [0.717, 1.165) is 43.3 Å². The van der Waals surface area contributed by atoms with Crippen LogP contribution in [0.4, 0.5) is 4.39 Å². The minimum absolute atomic E-state index is 0.162. The predicted octanol–water partition coefficient (Wildman–Crippen LogP) is 3.47. The Morgan fingerprint density at radius 1 is 1.12 bits per heavy atom. The number of carbonyl (C=O) groups excluding carboxylic acids is 1. The number of hydrogen-bond donors (Lipinski definition) is 0. The van der Waals surface area contributed by atoms with E-state index in [9.17, 15) is 10.1 Å². The Bertz CT molecular complexity index is 1710. The summed E-state index contributed by atoms with van der Waals surface area (Å²) in [5, 5.41) is 15.4. The molecule has 2 saturated heterocycles. The van der Waals surface area contributed by atoms with Gasteiger partial charge in [-0.3, -0.25) is 0 Å². The van der Waals surface area contributed by atoms with Crippen molar-refractivity contribution in [2.24, 2.45) is 5.92 Å². The van der Waals surface area contributed by atoms with Gasteiger partial charge in [0.2, 0.25) is 0 Å². The number of carbonyl (C=O) groups is 1. The SMILES string of the molecule is CN1CCC(C=C(C#N)C(=O)N2CCCC2Cn2nc(-c3ccc(Oc4ccccc4)cc3F)c3c([AsH2])ncnc32)CC1. The van der Waals surface area contributed by atoms with Crippen molar-refractivity contribution >= 4 is 38.3 Å². The topological polar surface area (TPSA) is 100 Å². The van der Waals surface area contributed by atoms with Crippen LogP contribution in [0.3, 0.4) is 0 Å². The fourth-order valence-corrected chi connectivity index (χ4v) is 6.65. The summed E-state index contributed by atoms with van der Waals surface area (Å²) in [6.07, 6.45) is 6.87. The third-order valence-corrected chi connectivity index (χ3v) is 9.19. The molecule has 2 aromatic heterocycles. The second-order valence-corrected chi connectivity index (χ2v) is 12.3. The molecular weight excluding hydrogens is 608 g/mol. The summed E-state index contributed by atoms with van der Waals surface area (Å²) < 4.78 is 23.9. The van der Waals surface area contributed by atoms with Crippen molar-refractivity contribution in [2.45, 2.75) is 38.3 Å². The smallest absolute Gasteiger partial charge is 0.00162 e. The first-order chi connectivity index (χ1) is 20.9. The van der Waals surface area contributed by atoms with Crippen LogP contribution >= 0.6 is 0 Å². The Balaban J connectivity index is 1.27. The third kappa shape index (κ3) is 6.19. The first-order valence-corrected chi connectivity index (χ1v) is 15.7. The summed E-state index contributed by atoms with van der Waals surface area (Å²) in [4.78, 5) is 26.5. The van der Waals surface area contributed by atoms with Gasteiger partial charge in [-0.05, 0) is 20.1 Å². The molecule has 11 heteroatoms. The average Bonchev–Trinajstić information content (AvgIpc) is 3.63. The van der Waals surface area contributed by atoms with Crippen molar-refractivity contribution in [3.05, 3.63) is 72.3 Å². The first kappa shape index (κ1) is 29.0. The normalized spacial score (nSPS) is 18.2. The Morgan fingerprint density at radius 2 is 1.91 bits per heavy atom. The monoisotopic (exact) mass is 641 g/mol. The van der Waals surface area contributed by atoms with Crippen LogP contribution in [0.15, 0.2) is 66.5 Å². The molecule has 0 radical (unpaired) electrons. The predicted molar refractivity (Wildman–Crippen MR) is 164 cm³/mol. The van der Waals surface area contributed by atoms with Gasteiger partial charge < -0.3 is 4.90 Å². The molecule has 1 amide bonds. The summed E-state index contributed by atoms with van der Waals surface area (Å²) in [5.74, 6) is 0.540. The Morgan fingerprint density at radius 3 is 2.65 bits per heavy atom. The number of fused-ring (bicyclic) bond motifs is 1. The van der Waals surface area contributed by atoms with Crippen LogP contribution in [0.1, 0.15) is 25.7 Å². The van der Waals surface area contributed by atoms with Gasteiger partial charge in [0.15, 0.2) is 0 Å². The maximum atomic E-state index is 15.6. The first-order valence-electron chi connectivity index (χ1n) is 14.5. The van der Waals surface area contributed by atoms with Gasteiger partial charge in [0.05, 0.1) is 0 Å². The number of likely N-dealkylation sites (tertiary alicyclic amines) is 2. The van der Waals surface area contributed by atoms with Gasteiger partial charge in [0, 0.05) is 0 Å². The molecular formula is C32H33AsFN7O2. The molecule has 2 aromatic carbocycles. The van der Waals surface area contributed by atoms with Gasteiger partial charge in [-0.25, -0.2) is 0 Å². The van der Waals surface area contributed by atoms with Crippen molar-refractivity contribution in [2.75, 3.05) is 26.7 Å². The van der Waals surface area contributed by atoms with Crippen LogP contribution in [0.5, 0.6) is 11.5 Å². The van der Waals surface area contributed by atoms with E-state index in [-0.39, 0.29) is 23.4 Å². The summed E-state index contributed by atoms with van der Waals surface area (Å²) >= 11 is 1.30. The van der Waals surface area contributed by atoms with Crippen molar-refractivity contribution in [1.29, 1.82) is 5.26 Å². The maximum absolute atomic E-state index is 15.6. The molecule has 0 aliphatic carbocycles. The number of amides is 1. The number of para-hydroxylation sites is 1. The molecule has 4 aromatic rings. The molecule has 0 bridgehead atoms. The Hall–Kier alpha value is -4.06. The van der Waals surface area contributed by atoms with Crippen LogP contribution < -0.4 is 9.22 Å². The fraction of sp³-hybridized carbons (Fsp3) is 0.344. The van der Waals surface area contributed by atoms with E-state index in [1.165, 1.54) is 29.2 Å². The number of rotatable bonds is 7. The molecule has 2 unspecified atom stereocenters. The quantitative estimate of drug-likeness (QED) is 0.173. The average molecular weight is 642 g/mol. The van der Waals surface area contributed by atoms with Gasteiger partial charge in [-0.1, -0.05) is 0 Å². The van der Waals surface area contributed by atoms with E-state index in [1.807, 2.05) is 36.4 Å². The molecule has 0 spiro atoms. The molecule has 6 rings (SSSR count). The van der Waals surface area contributed by atoms with Crippen molar-refractivity contribution in [3.63, 3.8) is 0 Å². The molecule has 43 heavy (non-hydrogen) atoms. The summed E-state index contributed by atoms with van der Waals surface area (Å²) in [7, 11) is 2.09. The van der Waals surface area contributed by atoms with Crippen molar-refractivity contribution in [1.82, 2.24) is 29.5 Å². The number of hydrogen-bond acceptors (Lipinski definition) is 7. The van der Waals surface area contributed by atoms with E-state index in [2.05, 4.69) is 28.0 Å². The van der Waals surface area contributed by atoms with Crippen LogP contribution in [-0.2, 0) is 11.3 Å². The van der Waals surface area contributed by atoms with E-state index < -0.39 is 5.82 Å². The van der Waals surface area contributed by atoms with Crippen LogP contribution in [0, 0.1) is 23.1 Å². The van der Waals surface area contributed by atoms with Gasteiger partial charge in [0.25, 0.3) is 0 Å². The number of piperidine rings is 1. The number of halogens is 1. The Labute approximate surface area is 258 Å². The zero-order chi connectivity index (χ0) is 29.9. The van der Waals surface area contributed by atoms with Gasteiger partial charge in [0.1, 0.15) is 0 Å². The van der Waals surface area contributed by atoms with Gasteiger partial charge in [-0.15, -0.1) is 0 Å². The van der Waals surface area contributed by atoms with E-state index >= 15 is 4.39 Å². The molecule has 0 saturated carbocycles. The van der Waals surface area contributed by atoms with Crippen LogP contribution in [0.25, 0.3) is 22.3 Å². The third-order valence-electron chi connectivity index (χ3n) is 8.27.